The summed E-state index contributed by atoms with van der Waals surface area (Å²) in [4.78, 5) is 4.17. The number of hydrogen-bond acceptors (Lipinski definition) is 1. The van der Waals surface area contributed by atoms with Crippen molar-refractivity contribution >= 4 is 29.9 Å². The van der Waals surface area contributed by atoms with Crippen molar-refractivity contribution in [2.24, 2.45) is 10.4 Å². The lowest BCUT2D eigenvalue weighted by atomic mass is 9.87. The first-order valence-corrected chi connectivity index (χ1v) is 6.61. The van der Waals surface area contributed by atoms with Crippen LogP contribution in [0.2, 0.25) is 0 Å². The molecule has 0 unspecified atom stereocenters. The predicted molar refractivity (Wildman–Crippen MR) is 92.9 cm³/mol. The first-order chi connectivity index (χ1) is 8.05. The zero-order valence-electron chi connectivity index (χ0n) is 12.4. The SMILES string of the molecule is C=CCNC(=NC)NCC(C)(C)CCCCC.I. The van der Waals surface area contributed by atoms with Crippen LogP contribution in [0.15, 0.2) is 17.6 Å². The van der Waals surface area contributed by atoms with Gasteiger partial charge in [-0.15, -0.1) is 30.6 Å². The van der Waals surface area contributed by atoms with Crippen molar-refractivity contribution in [1.82, 2.24) is 10.6 Å². The molecule has 0 aromatic rings. The normalized spacial score (nSPS) is 11.7. The monoisotopic (exact) mass is 367 g/mol. The molecule has 0 radical (unpaired) electrons. The molecule has 0 amide bonds. The van der Waals surface area contributed by atoms with E-state index in [1.54, 1.807) is 7.05 Å². The van der Waals surface area contributed by atoms with Crippen LogP contribution in [-0.4, -0.2) is 26.1 Å². The Bertz CT molecular complexity index is 237. The lowest BCUT2D eigenvalue weighted by Gasteiger charge is -2.26. The lowest BCUT2D eigenvalue weighted by Crippen LogP contribution is -2.42. The first kappa shape index (κ1) is 20.1. The zero-order valence-corrected chi connectivity index (χ0v) is 14.7. The average molecular weight is 367 g/mol. The topological polar surface area (TPSA) is 36.4 Å². The van der Waals surface area contributed by atoms with Gasteiger partial charge in [-0.2, -0.15) is 0 Å². The van der Waals surface area contributed by atoms with Crippen LogP contribution >= 0.6 is 24.0 Å². The molecule has 0 aromatic carbocycles. The molecule has 0 saturated heterocycles. The highest BCUT2D eigenvalue weighted by Gasteiger charge is 2.17. The lowest BCUT2D eigenvalue weighted by molar-refractivity contribution is 0.318. The van der Waals surface area contributed by atoms with E-state index in [2.05, 4.69) is 43.0 Å². The zero-order chi connectivity index (χ0) is 13.1. The van der Waals surface area contributed by atoms with Gasteiger partial charge in [0.2, 0.25) is 0 Å². The van der Waals surface area contributed by atoms with Gasteiger partial charge in [-0.1, -0.05) is 46.1 Å². The van der Waals surface area contributed by atoms with Crippen LogP contribution in [0.1, 0.15) is 46.5 Å². The van der Waals surface area contributed by atoms with Gasteiger partial charge in [0.15, 0.2) is 5.96 Å². The molecule has 0 fully saturated rings. The van der Waals surface area contributed by atoms with Crippen LogP contribution < -0.4 is 10.6 Å². The van der Waals surface area contributed by atoms with Gasteiger partial charge in [-0.3, -0.25) is 4.99 Å². The van der Waals surface area contributed by atoms with Gasteiger partial charge < -0.3 is 10.6 Å². The maximum absolute atomic E-state index is 4.17. The van der Waals surface area contributed by atoms with E-state index in [0.717, 1.165) is 19.0 Å². The van der Waals surface area contributed by atoms with Crippen LogP contribution in [0.25, 0.3) is 0 Å². The summed E-state index contributed by atoms with van der Waals surface area (Å²) >= 11 is 0. The van der Waals surface area contributed by atoms with Gasteiger partial charge >= 0.3 is 0 Å². The Morgan fingerprint density at radius 2 is 1.94 bits per heavy atom. The van der Waals surface area contributed by atoms with Crippen LogP contribution in [0.3, 0.4) is 0 Å². The predicted octanol–water partition coefficient (Wildman–Crippen LogP) is 3.56. The fraction of sp³-hybridized carbons (Fsp3) is 0.786. The number of halogens is 1. The third-order valence-corrected chi connectivity index (χ3v) is 2.83. The second kappa shape index (κ2) is 11.8. The summed E-state index contributed by atoms with van der Waals surface area (Å²) in [6.45, 7) is 12.2. The maximum Gasteiger partial charge on any atom is 0.191 e. The number of guanidine groups is 1. The standard InChI is InChI=1S/C14H29N3.HI/c1-6-8-9-10-14(3,4)12-17-13(15-5)16-11-7-2;/h7H,2,6,8-12H2,1,3-5H3,(H2,15,16,17);1H. The van der Waals surface area contributed by atoms with E-state index in [1.807, 2.05) is 6.08 Å². The molecule has 3 nitrogen and oxygen atoms in total. The summed E-state index contributed by atoms with van der Waals surface area (Å²) in [6, 6.07) is 0. The van der Waals surface area contributed by atoms with E-state index >= 15 is 0 Å². The Morgan fingerprint density at radius 3 is 2.44 bits per heavy atom. The highest BCUT2D eigenvalue weighted by Crippen LogP contribution is 2.22. The maximum atomic E-state index is 4.17. The molecule has 108 valence electrons. The number of nitrogens with zero attached hydrogens (tertiary/aromatic N) is 1. The van der Waals surface area contributed by atoms with Crippen molar-refractivity contribution in [3.05, 3.63) is 12.7 Å². The quantitative estimate of drug-likeness (QED) is 0.226. The average Bonchev–Trinajstić information content (AvgIpc) is 2.29. The molecule has 4 heteroatoms. The molecule has 0 bridgehead atoms. The Morgan fingerprint density at radius 1 is 1.28 bits per heavy atom. The highest BCUT2D eigenvalue weighted by molar-refractivity contribution is 14.0. The van der Waals surface area contributed by atoms with Crippen LogP contribution in [-0.2, 0) is 0 Å². The summed E-state index contributed by atoms with van der Waals surface area (Å²) < 4.78 is 0. The molecule has 0 rings (SSSR count). The second-order valence-electron chi connectivity index (χ2n) is 5.22. The number of unbranched alkanes of at least 4 members (excludes halogenated alkanes) is 2. The summed E-state index contributed by atoms with van der Waals surface area (Å²) in [6.07, 6.45) is 7.01. The van der Waals surface area contributed by atoms with Gasteiger partial charge in [0.05, 0.1) is 0 Å². The molecule has 0 saturated carbocycles. The number of hydrogen-bond donors (Lipinski definition) is 2. The summed E-state index contributed by atoms with van der Waals surface area (Å²) in [5, 5.41) is 6.54. The molecule has 18 heavy (non-hydrogen) atoms. The molecular weight excluding hydrogens is 337 g/mol. The van der Waals surface area contributed by atoms with E-state index in [1.165, 1.54) is 25.7 Å². The van der Waals surface area contributed by atoms with Crippen LogP contribution in [0, 0.1) is 5.41 Å². The summed E-state index contributed by atoms with van der Waals surface area (Å²) in [5.74, 6) is 0.855. The van der Waals surface area contributed by atoms with Gasteiger partial charge in [-0.25, -0.2) is 0 Å². The fourth-order valence-electron chi connectivity index (χ4n) is 1.65. The third kappa shape index (κ3) is 10.9. The fourth-order valence-corrected chi connectivity index (χ4v) is 1.65. The van der Waals surface area contributed by atoms with Gasteiger partial charge in [0.1, 0.15) is 0 Å². The molecule has 0 heterocycles. The van der Waals surface area contributed by atoms with Crippen molar-refractivity contribution in [2.75, 3.05) is 20.1 Å². The highest BCUT2D eigenvalue weighted by atomic mass is 127. The van der Waals surface area contributed by atoms with Crippen molar-refractivity contribution in [3.8, 4) is 0 Å². The minimum Gasteiger partial charge on any atom is -0.356 e. The van der Waals surface area contributed by atoms with Gasteiger partial charge in [0.25, 0.3) is 0 Å². The smallest absolute Gasteiger partial charge is 0.191 e. The van der Waals surface area contributed by atoms with Crippen molar-refractivity contribution in [2.45, 2.75) is 46.5 Å². The Hall–Kier alpha value is -0.260. The van der Waals surface area contributed by atoms with Crippen molar-refractivity contribution in [1.29, 1.82) is 0 Å². The minimum absolute atomic E-state index is 0. The van der Waals surface area contributed by atoms with E-state index < -0.39 is 0 Å². The van der Waals surface area contributed by atoms with Crippen molar-refractivity contribution < 1.29 is 0 Å². The molecule has 0 spiro atoms. The summed E-state index contributed by atoms with van der Waals surface area (Å²) in [5.41, 5.74) is 0.320. The van der Waals surface area contributed by atoms with E-state index in [-0.39, 0.29) is 24.0 Å². The molecule has 0 aromatic heterocycles. The number of nitrogens with one attached hydrogen (secondary N) is 2. The Labute approximate surface area is 130 Å². The number of rotatable bonds is 8. The second-order valence-corrected chi connectivity index (χ2v) is 5.22. The van der Waals surface area contributed by atoms with Crippen molar-refractivity contribution in [3.63, 3.8) is 0 Å². The number of aliphatic imine (C=N–C) groups is 1. The third-order valence-electron chi connectivity index (χ3n) is 2.83. The molecule has 0 aliphatic rings. The largest absolute Gasteiger partial charge is 0.356 e. The molecule has 0 atom stereocenters. The van der Waals surface area contributed by atoms with E-state index in [9.17, 15) is 0 Å². The van der Waals surface area contributed by atoms with E-state index in [0.29, 0.717) is 5.41 Å². The van der Waals surface area contributed by atoms with E-state index in [4.69, 9.17) is 0 Å². The Balaban J connectivity index is 0. The van der Waals surface area contributed by atoms with Gasteiger partial charge in [0, 0.05) is 20.1 Å². The summed E-state index contributed by atoms with van der Waals surface area (Å²) in [7, 11) is 1.79. The minimum atomic E-state index is 0. The molecule has 2 N–H and O–H groups in total. The van der Waals surface area contributed by atoms with Gasteiger partial charge in [-0.05, 0) is 11.8 Å². The molecule has 0 aliphatic carbocycles. The molecule has 0 aliphatic heterocycles. The van der Waals surface area contributed by atoms with Crippen LogP contribution in [0.5, 0.6) is 0 Å². The van der Waals surface area contributed by atoms with Crippen LogP contribution in [0.4, 0.5) is 0 Å². The Kier molecular flexibility index (Phi) is 13.2. The molecular formula is C14H30IN3. The first-order valence-electron chi connectivity index (χ1n) is 6.61.